The Balaban J connectivity index is 1.60. The summed E-state index contributed by atoms with van der Waals surface area (Å²) in [5, 5.41) is 20.6. The number of aromatic amines is 1. The van der Waals surface area contributed by atoms with Gasteiger partial charge < -0.3 is 19.5 Å². The van der Waals surface area contributed by atoms with Gasteiger partial charge >= 0.3 is 13.5 Å². The zero-order valence-electron chi connectivity index (χ0n) is 15.9. The first-order valence-electron chi connectivity index (χ1n) is 9.06. The summed E-state index contributed by atoms with van der Waals surface area (Å²) in [6.45, 7) is -1.50. The molecule has 4 rings (SSSR count). The van der Waals surface area contributed by atoms with E-state index in [4.69, 9.17) is 18.3 Å². The maximum Gasteiger partial charge on any atom is 0.530 e. The number of hydrogen-bond donors (Lipinski definition) is 3. The lowest BCUT2D eigenvalue weighted by Crippen LogP contribution is -2.52. The summed E-state index contributed by atoms with van der Waals surface area (Å²) in [5.74, 6) is -1.33. The van der Waals surface area contributed by atoms with Crippen molar-refractivity contribution in [2.24, 2.45) is 0 Å². The van der Waals surface area contributed by atoms with Crippen molar-refractivity contribution >= 4 is 7.82 Å². The number of aromatic nitrogens is 2. The van der Waals surface area contributed by atoms with Gasteiger partial charge in [-0.25, -0.2) is 18.1 Å². The van der Waals surface area contributed by atoms with Crippen LogP contribution in [0.25, 0.3) is 0 Å². The highest BCUT2D eigenvalue weighted by atomic mass is 31.2. The summed E-state index contributed by atoms with van der Waals surface area (Å²) >= 11 is 0. The molecule has 0 aliphatic carbocycles. The minimum Gasteiger partial charge on any atom is -0.404 e. The number of phosphoric acid groups is 1. The van der Waals surface area contributed by atoms with E-state index in [-0.39, 0.29) is 12.4 Å². The third-order valence-corrected chi connectivity index (χ3v) is 6.34. The lowest BCUT2D eigenvalue weighted by atomic mass is 9.96. The van der Waals surface area contributed by atoms with Crippen LogP contribution in [0.15, 0.2) is 40.1 Å². The maximum absolute atomic E-state index is 14.0. The van der Waals surface area contributed by atoms with Crippen molar-refractivity contribution in [2.75, 3.05) is 6.61 Å². The van der Waals surface area contributed by atoms with Gasteiger partial charge in [-0.15, -0.1) is 0 Å². The van der Waals surface area contributed by atoms with Gasteiger partial charge in [-0.05, 0) is 6.07 Å². The molecule has 0 spiro atoms. The number of fused-ring (bicyclic) bond motifs is 1. The second-order valence-electron chi connectivity index (χ2n) is 7.04. The van der Waals surface area contributed by atoms with Crippen molar-refractivity contribution in [3.63, 3.8) is 0 Å². The number of aliphatic hydroxyl groups excluding tert-OH is 2. The van der Waals surface area contributed by atoms with Gasteiger partial charge in [0.25, 0.3) is 12.0 Å². The fourth-order valence-electron chi connectivity index (χ4n) is 3.29. The molecule has 1 saturated heterocycles. The second-order valence-corrected chi connectivity index (χ2v) is 8.63. The van der Waals surface area contributed by atoms with Crippen LogP contribution < -0.4 is 15.8 Å². The van der Waals surface area contributed by atoms with Crippen LogP contribution in [-0.4, -0.2) is 50.6 Å². The molecule has 0 radical (unpaired) electrons. The van der Waals surface area contributed by atoms with E-state index in [9.17, 15) is 37.5 Å². The minimum atomic E-state index is -4.42. The lowest BCUT2D eigenvalue weighted by molar-refractivity contribution is -0.194. The molecule has 11 nitrogen and oxygen atoms in total. The smallest absolute Gasteiger partial charge is 0.404 e. The van der Waals surface area contributed by atoms with Gasteiger partial charge in [-0.1, -0.05) is 18.2 Å². The Morgan fingerprint density at radius 3 is 2.75 bits per heavy atom. The van der Waals surface area contributed by atoms with Crippen LogP contribution in [0.4, 0.5) is 13.2 Å². The highest BCUT2D eigenvalue weighted by molar-refractivity contribution is 7.49. The third kappa shape index (κ3) is 3.78. The number of H-pyrrole nitrogens is 1. The number of para-hydroxylation sites is 1. The van der Waals surface area contributed by atoms with Crippen LogP contribution in [0.2, 0.25) is 0 Å². The second kappa shape index (κ2) is 8.14. The molecule has 1 fully saturated rings. The molecule has 1 aromatic heterocycles. The van der Waals surface area contributed by atoms with E-state index >= 15 is 0 Å². The zero-order valence-corrected chi connectivity index (χ0v) is 16.8. The van der Waals surface area contributed by atoms with Crippen molar-refractivity contribution < 1.29 is 46.3 Å². The summed E-state index contributed by atoms with van der Waals surface area (Å²) in [5.41, 5.74) is -5.15. The van der Waals surface area contributed by atoms with Gasteiger partial charge in [0.2, 0.25) is 5.82 Å². The van der Waals surface area contributed by atoms with Gasteiger partial charge in [0.05, 0.1) is 19.4 Å². The molecule has 2 aromatic rings. The van der Waals surface area contributed by atoms with Crippen molar-refractivity contribution in [3.8, 4) is 5.75 Å². The highest BCUT2D eigenvalue weighted by Crippen LogP contribution is 2.56. The van der Waals surface area contributed by atoms with Crippen molar-refractivity contribution in [2.45, 2.75) is 37.1 Å². The molecule has 3 N–H and O–H groups in total. The van der Waals surface area contributed by atoms with Crippen LogP contribution in [0.3, 0.4) is 0 Å². The van der Waals surface area contributed by atoms with E-state index in [1.165, 1.54) is 6.07 Å². The largest absolute Gasteiger partial charge is 0.530 e. The first-order chi connectivity index (χ1) is 15.1. The standard InChI is InChI=1S/C17H16F3N2O9P/c18-9-5-22(16(26)21-13(9)25)14-11(23)12(24)17(30-14,15(19)20)7-29-32(27)28-6-8-3-1-2-4-10(8)31-32/h1-5,11-12,14-15,23-24H,6-7H2,(H,21,25,26)/t11-,12+,14-,17-,32?/m1/s1. The number of benzene rings is 1. The summed E-state index contributed by atoms with van der Waals surface area (Å²) < 4.78 is 74.8. The van der Waals surface area contributed by atoms with Gasteiger partial charge in [-0.3, -0.25) is 23.4 Å². The van der Waals surface area contributed by atoms with Crippen LogP contribution in [-0.2, 0) is 25.0 Å². The predicted molar refractivity (Wildman–Crippen MR) is 97.6 cm³/mol. The summed E-state index contributed by atoms with van der Waals surface area (Å²) in [4.78, 5) is 24.7. The molecule has 1 unspecified atom stereocenters. The summed E-state index contributed by atoms with van der Waals surface area (Å²) in [6, 6.07) is 6.31. The highest BCUT2D eigenvalue weighted by Gasteiger charge is 2.62. The summed E-state index contributed by atoms with van der Waals surface area (Å²) in [6.07, 6.45) is -9.79. The van der Waals surface area contributed by atoms with E-state index in [1.807, 2.05) is 0 Å². The molecule has 3 heterocycles. The number of nitrogens with one attached hydrogen (secondary N) is 1. The molecule has 1 aromatic carbocycles. The number of phosphoric ester groups is 1. The predicted octanol–water partition coefficient (Wildman–Crippen LogP) is 0.664. The SMILES string of the molecule is O=c1[nH]c(=O)n([C@@H]2O[C@@](COP3(=O)OCc4ccccc4O3)(C(F)F)[C@@H](O)[C@H]2O)cc1F. The van der Waals surface area contributed by atoms with Crippen molar-refractivity contribution in [1.82, 2.24) is 9.55 Å². The fourth-order valence-corrected chi connectivity index (χ4v) is 4.55. The average molecular weight is 480 g/mol. The number of hydrogen-bond acceptors (Lipinski definition) is 9. The molecule has 2 aliphatic heterocycles. The third-order valence-electron chi connectivity index (χ3n) is 5.03. The summed E-state index contributed by atoms with van der Waals surface area (Å²) in [7, 11) is -4.42. The molecule has 15 heteroatoms. The average Bonchev–Trinajstić information content (AvgIpc) is 3.01. The normalized spacial score (nSPS) is 32.0. The van der Waals surface area contributed by atoms with E-state index in [0.29, 0.717) is 16.3 Å². The Kier molecular flexibility index (Phi) is 5.77. The molecule has 174 valence electrons. The van der Waals surface area contributed by atoms with E-state index in [0.717, 1.165) is 0 Å². The first-order valence-corrected chi connectivity index (χ1v) is 10.5. The number of alkyl halides is 2. The van der Waals surface area contributed by atoms with Crippen LogP contribution in [0, 0.1) is 5.82 Å². The number of rotatable bonds is 5. The Morgan fingerprint density at radius 2 is 2.03 bits per heavy atom. The Labute approximate surface area is 176 Å². The molecular weight excluding hydrogens is 464 g/mol. The van der Waals surface area contributed by atoms with Crippen LogP contribution >= 0.6 is 7.82 Å². The number of halogens is 3. The molecular formula is C17H16F3N2O9P. The monoisotopic (exact) mass is 480 g/mol. The van der Waals surface area contributed by atoms with E-state index in [1.54, 1.807) is 23.2 Å². The number of aliphatic hydroxyl groups is 2. The van der Waals surface area contributed by atoms with E-state index < -0.39 is 62.0 Å². The maximum atomic E-state index is 14.0. The van der Waals surface area contributed by atoms with E-state index in [2.05, 4.69) is 0 Å². The van der Waals surface area contributed by atoms with Crippen LogP contribution in [0.5, 0.6) is 5.75 Å². The Morgan fingerprint density at radius 1 is 1.31 bits per heavy atom. The quantitative estimate of drug-likeness (QED) is 0.525. The molecule has 2 aliphatic rings. The Hall–Kier alpha value is -2.48. The molecule has 5 atom stereocenters. The number of ether oxygens (including phenoxy) is 1. The molecule has 0 amide bonds. The molecule has 0 bridgehead atoms. The van der Waals surface area contributed by atoms with Crippen LogP contribution in [0.1, 0.15) is 11.8 Å². The van der Waals surface area contributed by atoms with Crippen molar-refractivity contribution in [3.05, 3.63) is 62.7 Å². The first kappa shape index (κ1) is 22.7. The lowest BCUT2D eigenvalue weighted by Gasteiger charge is -2.32. The molecule has 0 saturated carbocycles. The topological polar surface area (TPSA) is 149 Å². The minimum absolute atomic E-state index is 0.134. The van der Waals surface area contributed by atoms with Gasteiger partial charge in [0.1, 0.15) is 18.0 Å². The Bertz CT molecular complexity index is 1190. The molecule has 32 heavy (non-hydrogen) atoms. The fraction of sp³-hybridized carbons (Fsp3) is 0.412. The van der Waals surface area contributed by atoms with Gasteiger partial charge in [0, 0.05) is 5.56 Å². The van der Waals surface area contributed by atoms with Gasteiger partial charge in [-0.2, -0.15) is 4.39 Å². The zero-order chi connectivity index (χ0) is 23.3. The van der Waals surface area contributed by atoms with Crippen molar-refractivity contribution in [1.29, 1.82) is 0 Å². The van der Waals surface area contributed by atoms with Gasteiger partial charge in [0.15, 0.2) is 11.8 Å². The number of nitrogens with zero attached hydrogens (tertiary/aromatic N) is 1.